The number of benzene rings is 1. The highest BCUT2D eigenvalue weighted by atomic mass is 127. The van der Waals surface area contributed by atoms with Crippen molar-refractivity contribution < 1.29 is 28.7 Å². The highest BCUT2D eigenvalue weighted by Crippen LogP contribution is 2.67. The summed E-state index contributed by atoms with van der Waals surface area (Å²) in [7, 11) is 0. The van der Waals surface area contributed by atoms with E-state index in [0.29, 0.717) is 39.8 Å². The van der Waals surface area contributed by atoms with Crippen molar-refractivity contribution in [3.63, 3.8) is 0 Å². The van der Waals surface area contributed by atoms with Gasteiger partial charge in [0.05, 0.1) is 27.6 Å². The van der Waals surface area contributed by atoms with Crippen LogP contribution in [0.25, 0.3) is 0 Å². The highest BCUT2D eigenvalue weighted by Gasteiger charge is 2.59. The number of fused-ring (bicyclic) bond motifs is 5. The van der Waals surface area contributed by atoms with E-state index in [2.05, 4.69) is 51.3 Å². The molecule has 0 saturated heterocycles. The van der Waals surface area contributed by atoms with Crippen LogP contribution >= 0.6 is 67.8 Å². The molecule has 276 valence electrons. The van der Waals surface area contributed by atoms with Gasteiger partial charge in [-0.25, -0.2) is 9.59 Å². The zero-order valence-electron chi connectivity index (χ0n) is 30.5. The minimum atomic E-state index is -1.03. The average Bonchev–Trinajstić information content (AvgIpc) is 3.38. The molecule has 0 heterocycles. The Bertz CT molecular complexity index is 1520. The first-order valence-electron chi connectivity index (χ1n) is 18.4. The van der Waals surface area contributed by atoms with E-state index in [1.807, 2.05) is 67.8 Å². The number of carbonyl (C=O) groups is 4. The van der Waals surface area contributed by atoms with Gasteiger partial charge in [0.1, 0.15) is 6.10 Å². The van der Waals surface area contributed by atoms with Gasteiger partial charge in [-0.2, -0.15) is 0 Å². The third-order valence-electron chi connectivity index (χ3n) is 12.8. The Hall–Kier alpha value is -0.970. The molecule has 3 saturated carbocycles. The lowest BCUT2D eigenvalue weighted by atomic mass is 9.47. The van der Waals surface area contributed by atoms with Crippen molar-refractivity contribution in [1.82, 2.24) is 0 Å². The molecule has 1 aromatic carbocycles. The Morgan fingerprint density at radius 2 is 1.50 bits per heavy atom. The quantitative estimate of drug-likeness (QED) is 0.110. The van der Waals surface area contributed by atoms with Gasteiger partial charge in [-0.05, 0) is 159 Å². The fraction of sp³-hybridized carbons (Fsp3) is 0.692. The maximum Gasteiger partial charge on any atom is 0.516 e. The Labute approximate surface area is 339 Å². The smallest absolute Gasteiger partial charge is 0.430 e. The number of ether oxygens (including phenoxy) is 2. The summed E-state index contributed by atoms with van der Waals surface area (Å²) in [6.07, 6.45) is 13.9. The summed E-state index contributed by atoms with van der Waals surface area (Å²) < 4.78 is 12.5. The fourth-order valence-corrected chi connectivity index (χ4v) is 14.6. The van der Waals surface area contributed by atoms with Crippen LogP contribution in [-0.4, -0.2) is 30.0 Å². The molecular formula is C39H53I3N2O6. The lowest BCUT2D eigenvalue weighted by Crippen LogP contribution is -2.51. The van der Waals surface area contributed by atoms with Crippen LogP contribution in [0, 0.1) is 57.0 Å². The molecule has 2 amide bonds. The SMILES string of the molecule is CC(=O)Nc1c(I)c(NC(C)=O)c(I)c(C(=O)OC(=O)O[C@H]2CC[C@@]3(C)C(=CC[C@H]4[C@@H]5CC[C@H]([C@H](C)CCCC(C)C)[C@@]5(C)CC[C@@H]43)C2)c1I. The maximum atomic E-state index is 13.5. The Kier molecular flexibility index (Phi) is 13.0. The molecule has 0 bridgehead atoms. The van der Waals surface area contributed by atoms with E-state index in [1.165, 1.54) is 64.4 Å². The number of hydrogen-bond acceptors (Lipinski definition) is 6. The molecule has 0 aromatic heterocycles. The zero-order chi connectivity index (χ0) is 36.7. The van der Waals surface area contributed by atoms with Crippen LogP contribution in [-0.2, 0) is 19.1 Å². The van der Waals surface area contributed by atoms with Gasteiger partial charge in [0.25, 0.3) is 0 Å². The first-order chi connectivity index (χ1) is 23.5. The van der Waals surface area contributed by atoms with E-state index in [9.17, 15) is 19.2 Å². The molecule has 2 N–H and O–H groups in total. The Morgan fingerprint density at radius 1 is 0.860 bits per heavy atom. The molecule has 50 heavy (non-hydrogen) atoms. The molecule has 8 atom stereocenters. The van der Waals surface area contributed by atoms with Crippen LogP contribution in [0.15, 0.2) is 11.6 Å². The first-order valence-corrected chi connectivity index (χ1v) is 21.6. The lowest BCUT2D eigenvalue weighted by molar-refractivity contribution is -0.115. The van der Waals surface area contributed by atoms with Crippen molar-refractivity contribution in [3.05, 3.63) is 27.9 Å². The maximum absolute atomic E-state index is 13.5. The molecule has 1 aromatic rings. The summed E-state index contributed by atoms with van der Waals surface area (Å²) in [6.45, 7) is 15.0. The molecule has 0 aliphatic heterocycles. The number of rotatable bonds is 9. The predicted octanol–water partition coefficient (Wildman–Crippen LogP) is 11.1. The number of nitrogens with one attached hydrogen (secondary N) is 2. The minimum absolute atomic E-state index is 0.0803. The van der Waals surface area contributed by atoms with Crippen LogP contribution in [0.4, 0.5) is 16.2 Å². The van der Waals surface area contributed by atoms with Crippen LogP contribution < -0.4 is 10.6 Å². The van der Waals surface area contributed by atoms with Crippen molar-refractivity contribution in [3.8, 4) is 0 Å². The molecule has 0 spiro atoms. The van der Waals surface area contributed by atoms with Crippen molar-refractivity contribution in [2.45, 2.75) is 125 Å². The second kappa shape index (κ2) is 16.2. The Morgan fingerprint density at radius 3 is 2.10 bits per heavy atom. The molecule has 4 aliphatic rings. The highest BCUT2D eigenvalue weighted by molar-refractivity contribution is 14.1. The number of allylic oxidation sites excluding steroid dienone is 1. The number of amides is 2. The van der Waals surface area contributed by atoms with Gasteiger partial charge in [-0.3, -0.25) is 9.59 Å². The van der Waals surface area contributed by atoms with E-state index >= 15 is 0 Å². The molecular weight excluding hydrogens is 973 g/mol. The van der Waals surface area contributed by atoms with E-state index in [0.717, 1.165) is 48.9 Å². The first kappa shape index (κ1) is 40.2. The largest absolute Gasteiger partial charge is 0.516 e. The van der Waals surface area contributed by atoms with E-state index in [4.69, 9.17) is 9.47 Å². The monoisotopic (exact) mass is 1030 g/mol. The normalized spacial score (nSPS) is 30.7. The molecule has 8 nitrogen and oxygen atoms in total. The third-order valence-corrected chi connectivity index (χ3v) is 16.1. The third kappa shape index (κ3) is 8.08. The van der Waals surface area contributed by atoms with Crippen molar-refractivity contribution in [2.75, 3.05) is 10.6 Å². The molecule has 5 rings (SSSR count). The van der Waals surface area contributed by atoms with Gasteiger partial charge in [-0.1, -0.05) is 65.5 Å². The van der Waals surface area contributed by atoms with Crippen molar-refractivity contribution >= 4 is 103 Å². The van der Waals surface area contributed by atoms with Gasteiger partial charge < -0.3 is 20.1 Å². The summed E-state index contributed by atoms with van der Waals surface area (Å²) in [5, 5.41) is 5.48. The molecule has 4 aliphatic carbocycles. The van der Waals surface area contributed by atoms with Gasteiger partial charge in [0.2, 0.25) is 11.8 Å². The van der Waals surface area contributed by atoms with E-state index < -0.39 is 12.1 Å². The van der Waals surface area contributed by atoms with Gasteiger partial charge >= 0.3 is 12.1 Å². The van der Waals surface area contributed by atoms with Crippen LogP contribution in [0.2, 0.25) is 0 Å². The zero-order valence-corrected chi connectivity index (χ0v) is 37.0. The van der Waals surface area contributed by atoms with Gasteiger partial charge in [0, 0.05) is 20.3 Å². The minimum Gasteiger partial charge on any atom is -0.430 e. The van der Waals surface area contributed by atoms with E-state index in [-0.39, 0.29) is 28.9 Å². The van der Waals surface area contributed by atoms with Crippen LogP contribution in [0.5, 0.6) is 0 Å². The van der Waals surface area contributed by atoms with Crippen LogP contribution in [0.1, 0.15) is 129 Å². The van der Waals surface area contributed by atoms with Gasteiger partial charge in [-0.15, -0.1) is 0 Å². The second-order valence-electron chi connectivity index (χ2n) is 16.3. The van der Waals surface area contributed by atoms with Crippen molar-refractivity contribution in [1.29, 1.82) is 0 Å². The van der Waals surface area contributed by atoms with E-state index in [1.54, 1.807) is 0 Å². The average molecular weight is 1030 g/mol. The molecule has 11 heteroatoms. The molecule has 0 unspecified atom stereocenters. The fourth-order valence-electron chi connectivity index (χ4n) is 10.5. The summed E-state index contributed by atoms with van der Waals surface area (Å²) in [6, 6.07) is 0. The summed E-state index contributed by atoms with van der Waals surface area (Å²) in [4.78, 5) is 50.5. The predicted molar refractivity (Wildman–Crippen MR) is 222 cm³/mol. The van der Waals surface area contributed by atoms with Gasteiger partial charge in [0.15, 0.2) is 0 Å². The summed E-state index contributed by atoms with van der Waals surface area (Å²) in [5.41, 5.74) is 2.76. The van der Waals surface area contributed by atoms with Crippen molar-refractivity contribution in [2.24, 2.45) is 46.3 Å². The number of esters is 1. The standard InChI is InChI=1S/C39H53I3N2O6/c1-20(2)9-8-10-21(3)27-13-14-28-26-12-11-24-19-25(15-17-38(24,6)29(26)16-18-39(27,28)7)49-37(48)50-36(47)30-31(40)34(43-22(4)45)33(42)35(32(30)41)44-23(5)46/h11,20-21,25-29H,8-10,12-19H2,1-7H3,(H,43,45)(H,44,46)/t21-,25+,26+,27-,28+,29+,38+,39-/m1/s1. The summed E-state index contributed by atoms with van der Waals surface area (Å²) in [5.74, 6) is 3.01. The molecule has 0 radical (unpaired) electrons. The van der Waals surface area contributed by atoms with Crippen LogP contribution in [0.3, 0.4) is 0 Å². The second-order valence-corrected chi connectivity index (χ2v) is 19.6. The Balaban J connectivity index is 1.25. The lowest BCUT2D eigenvalue weighted by Gasteiger charge is -2.58. The topological polar surface area (TPSA) is 111 Å². The number of carbonyl (C=O) groups excluding carboxylic acids is 4. The summed E-state index contributed by atoms with van der Waals surface area (Å²) >= 11 is 5.93. The molecule has 3 fully saturated rings. The number of anilines is 2. The number of halogens is 3. The number of hydrogen-bond donors (Lipinski definition) is 2.